The quantitative estimate of drug-likeness (QED) is 0.311. The molecule has 1 amide bonds. The Balaban J connectivity index is 1.30. The van der Waals surface area contributed by atoms with E-state index in [2.05, 4.69) is 20.3 Å². The maximum absolute atomic E-state index is 15.0. The molecule has 3 aromatic heterocycles. The number of hydrogen-bond donors (Lipinski definition) is 1. The van der Waals surface area contributed by atoms with Crippen molar-refractivity contribution in [2.75, 3.05) is 12.4 Å². The first-order valence-corrected chi connectivity index (χ1v) is 12.2. The number of halogens is 3. The van der Waals surface area contributed by atoms with Crippen LogP contribution in [0.3, 0.4) is 0 Å². The molecule has 40 heavy (non-hydrogen) atoms. The standard InChI is InChI=1S/C30H22F3N5O2/c1-30(32,33)25-12-24(16-37-29(25)40-2)38-28(39)11-18-4-3-17(9-26(18)31)22-8-21-7-20(10-27(21)36-15-22)19-5-6-23(13-34)35-14-19/h3-9,12,14-16H,10-11H2,1-2H3,(H,38,39). The van der Waals surface area contributed by atoms with Crippen molar-refractivity contribution in [2.45, 2.75) is 25.7 Å². The third kappa shape index (κ3) is 5.54. The van der Waals surface area contributed by atoms with E-state index in [-0.39, 0.29) is 23.6 Å². The predicted molar refractivity (Wildman–Crippen MR) is 143 cm³/mol. The number of fused-ring (bicyclic) bond motifs is 1. The van der Waals surface area contributed by atoms with Crippen LogP contribution in [0.4, 0.5) is 18.9 Å². The highest BCUT2D eigenvalue weighted by Crippen LogP contribution is 2.35. The van der Waals surface area contributed by atoms with E-state index in [9.17, 15) is 13.6 Å². The zero-order valence-electron chi connectivity index (χ0n) is 21.5. The Bertz CT molecular complexity index is 1690. The second-order valence-electron chi connectivity index (χ2n) is 9.35. The summed E-state index contributed by atoms with van der Waals surface area (Å²) < 4.78 is 47.7. The second-order valence-corrected chi connectivity index (χ2v) is 9.35. The largest absolute Gasteiger partial charge is 0.481 e. The van der Waals surface area contributed by atoms with Crippen LogP contribution in [0.25, 0.3) is 22.8 Å². The van der Waals surface area contributed by atoms with Gasteiger partial charge in [-0.25, -0.2) is 23.1 Å². The molecule has 1 aromatic carbocycles. The summed E-state index contributed by atoms with van der Waals surface area (Å²) in [5, 5.41) is 11.4. The van der Waals surface area contributed by atoms with Crippen LogP contribution in [0.5, 0.6) is 5.88 Å². The molecule has 3 heterocycles. The van der Waals surface area contributed by atoms with Crippen LogP contribution in [0, 0.1) is 17.1 Å². The Morgan fingerprint density at radius 2 is 1.82 bits per heavy atom. The zero-order chi connectivity index (χ0) is 28.4. The van der Waals surface area contributed by atoms with Gasteiger partial charge in [0.1, 0.15) is 17.6 Å². The number of ether oxygens (including phenoxy) is 1. The number of anilines is 1. The Morgan fingerprint density at radius 3 is 2.50 bits per heavy atom. The zero-order valence-corrected chi connectivity index (χ0v) is 21.5. The molecular weight excluding hydrogens is 519 g/mol. The van der Waals surface area contributed by atoms with Gasteiger partial charge in [0.25, 0.3) is 5.92 Å². The maximum Gasteiger partial charge on any atom is 0.275 e. The Labute approximate surface area is 228 Å². The summed E-state index contributed by atoms with van der Waals surface area (Å²) in [7, 11) is 1.23. The lowest BCUT2D eigenvalue weighted by molar-refractivity contribution is -0.115. The average Bonchev–Trinajstić information content (AvgIpc) is 3.37. The third-order valence-electron chi connectivity index (χ3n) is 6.48. The van der Waals surface area contributed by atoms with Gasteiger partial charge in [0.15, 0.2) is 0 Å². The summed E-state index contributed by atoms with van der Waals surface area (Å²) in [6, 6.07) is 13.1. The number of nitrogens with one attached hydrogen (secondary N) is 1. The second kappa shape index (κ2) is 10.6. The van der Waals surface area contributed by atoms with E-state index in [4.69, 9.17) is 10.00 Å². The monoisotopic (exact) mass is 541 g/mol. The normalized spacial score (nSPS) is 12.3. The number of benzene rings is 1. The summed E-state index contributed by atoms with van der Waals surface area (Å²) in [4.78, 5) is 25.0. The van der Waals surface area contributed by atoms with Crippen molar-refractivity contribution in [3.8, 4) is 23.1 Å². The van der Waals surface area contributed by atoms with Crippen molar-refractivity contribution >= 4 is 23.2 Å². The lowest BCUT2D eigenvalue weighted by Crippen LogP contribution is -2.17. The number of allylic oxidation sites excluding steroid dienone is 1. The molecule has 1 N–H and O–H groups in total. The van der Waals surface area contributed by atoms with Gasteiger partial charge in [-0.1, -0.05) is 18.2 Å². The van der Waals surface area contributed by atoms with E-state index >= 15 is 4.39 Å². The minimum absolute atomic E-state index is 0.0489. The van der Waals surface area contributed by atoms with Crippen molar-refractivity contribution in [1.82, 2.24) is 15.0 Å². The number of aromatic nitrogens is 3. The van der Waals surface area contributed by atoms with Crippen LogP contribution < -0.4 is 10.1 Å². The fourth-order valence-electron chi connectivity index (χ4n) is 4.44. The van der Waals surface area contributed by atoms with E-state index in [0.29, 0.717) is 30.2 Å². The summed E-state index contributed by atoms with van der Waals surface area (Å²) >= 11 is 0. The van der Waals surface area contributed by atoms with Gasteiger partial charge in [0.2, 0.25) is 11.8 Å². The van der Waals surface area contributed by atoms with Crippen molar-refractivity contribution in [3.05, 3.63) is 101 Å². The van der Waals surface area contributed by atoms with Gasteiger partial charge in [0, 0.05) is 31.3 Å². The van der Waals surface area contributed by atoms with Crippen LogP contribution in [0.1, 0.15) is 40.6 Å². The molecule has 1 aliphatic carbocycles. The smallest absolute Gasteiger partial charge is 0.275 e. The molecule has 0 atom stereocenters. The number of rotatable bonds is 7. The fourth-order valence-corrected chi connectivity index (χ4v) is 4.44. The first-order chi connectivity index (χ1) is 19.1. The lowest BCUT2D eigenvalue weighted by atomic mass is 10.0. The maximum atomic E-state index is 15.0. The number of hydrogen-bond acceptors (Lipinski definition) is 6. The van der Waals surface area contributed by atoms with Crippen molar-refractivity contribution < 1.29 is 22.7 Å². The molecule has 0 unspecified atom stereocenters. The Morgan fingerprint density at radius 1 is 1.05 bits per heavy atom. The van der Waals surface area contributed by atoms with E-state index in [1.807, 2.05) is 24.3 Å². The van der Waals surface area contributed by atoms with E-state index < -0.39 is 23.2 Å². The van der Waals surface area contributed by atoms with Crippen molar-refractivity contribution in [3.63, 3.8) is 0 Å². The van der Waals surface area contributed by atoms with Gasteiger partial charge in [-0.05, 0) is 58.2 Å². The number of carbonyl (C=O) groups excluding carboxylic acids is 1. The minimum Gasteiger partial charge on any atom is -0.481 e. The van der Waals surface area contributed by atoms with Crippen LogP contribution in [0.15, 0.2) is 61.1 Å². The van der Waals surface area contributed by atoms with E-state index in [1.54, 1.807) is 24.5 Å². The molecule has 7 nitrogen and oxygen atoms in total. The summed E-state index contributed by atoms with van der Waals surface area (Å²) in [6.45, 7) is 0.702. The third-order valence-corrected chi connectivity index (χ3v) is 6.48. The number of amides is 1. The van der Waals surface area contributed by atoms with Gasteiger partial charge in [0.05, 0.1) is 36.7 Å². The highest BCUT2D eigenvalue weighted by Gasteiger charge is 2.30. The predicted octanol–water partition coefficient (Wildman–Crippen LogP) is 5.95. The Kier molecular flexibility index (Phi) is 7.05. The molecule has 1 aliphatic rings. The number of carbonyl (C=O) groups is 1. The summed E-state index contributed by atoms with van der Waals surface area (Å²) in [5.41, 5.74) is 5.08. The average molecular weight is 542 g/mol. The van der Waals surface area contributed by atoms with Gasteiger partial charge >= 0.3 is 0 Å². The van der Waals surface area contributed by atoms with Crippen LogP contribution in [-0.2, 0) is 23.6 Å². The first kappa shape index (κ1) is 26.6. The molecule has 0 saturated heterocycles. The first-order valence-electron chi connectivity index (χ1n) is 12.2. The van der Waals surface area contributed by atoms with Gasteiger partial charge in [-0.2, -0.15) is 5.26 Å². The number of nitriles is 1. The molecule has 10 heteroatoms. The van der Waals surface area contributed by atoms with Crippen molar-refractivity contribution in [1.29, 1.82) is 5.26 Å². The topological polar surface area (TPSA) is 101 Å². The van der Waals surface area contributed by atoms with Crippen molar-refractivity contribution in [2.24, 2.45) is 0 Å². The van der Waals surface area contributed by atoms with Gasteiger partial charge in [-0.3, -0.25) is 9.78 Å². The Hall–Kier alpha value is -5.04. The molecular formula is C30H22F3N5O2. The highest BCUT2D eigenvalue weighted by molar-refractivity contribution is 5.92. The molecule has 0 spiro atoms. The van der Waals surface area contributed by atoms with Gasteiger partial charge in [-0.15, -0.1) is 0 Å². The molecule has 0 radical (unpaired) electrons. The SMILES string of the molecule is COc1ncc(NC(=O)Cc2ccc(-c3cnc4c(c3)C=C(c3ccc(C#N)nc3)C4)cc2F)cc1C(C)(F)F. The highest BCUT2D eigenvalue weighted by atomic mass is 19.3. The molecule has 0 bridgehead atoms. The number of alkyl halides is 2. The molecule has 200 valence electrons. The minimum atomic E-state index is -3.23. The number of nitrogens with zero attached hydrogens (tertiary/aromatic N) is 4. The number of methoxy groups -OCH3 is 1. The lowest BCUT2D eigenvalue weighted by Gasteiger charge is -2.15. The summed E-state index contributed by atoms with van der Waals surface area (Å²) in [5.74, 6) is -4.64. The molecule has 0 aliphatic heterocycles. The molecule has 4 aromatic rings. The fraction of sp³-hybridized carbons (Fsp3) is 0.167. The molecule has 5 rings (SSSR count). The van der Waals surface area contributed by atoms with Crippen LogP contribution in [0.2, 0.25) is 0 Å². The molecule has 0 fully saturated rings. The van der Waals surface area contributed by atoms with Crippen LogP contribution >= 0.6 is 0 Å². The summed E-state index contributed by atoms with van der Waals surface area (Å²) in [6.07, 6.45) is 6.84. The molecule has 0 saturated carbocycles. The van der Waals surface area contributed by atoms with E-state index in [0.717, 1.165) is 28.5 Å². The number of pyridine rings is 3. The van der Waals surface area contributed by atoms with Crippen LogP contribution in [-0.4, -0.2) is 28.0 Å². The van der Waals surface area contributed by atoms with Gasteiger partial charge < -0.3 is 10.1 Å². The van der Waals surface area contributed by atoms with E-state index in [1.165, 1.54) is 25.4 Å².